The lowest BCUT2D eigenvalue weighted by atomic mass is 10.1. The van der Waals surface area contributed by atoms with Crippen LogP contribution in [0.15, 0.2) is 41.9 Å². The van der Waals surface area contributed by atoms with E-state index >= 15 is 0 Å². The van der Waals surface area contributed by atoms with E-state index in [0.29, 0.717) is 5.69 Å². The molecule has 130 valence electrons. The van der Waals surface area contributed by atoms with Crippen molar-refractivity contribution in [2.45, 2.75) is 12.7 Å². The van der Waals surface area contributed by atoms with Crippen LogP contribution >= 0.6 is 0 Å². The monoisotopic (exact) mass is 351 g/mol. The van der Waals surface area contributed by atoms with Crippen LogP contribution in [0.25, 0.3) is 0 Å². The molecule has 3 rings (SSSR count). The van der Waals surface area contributed by atoms with Crippen molar-refractivity contribution in [1.82, 2.24) is 15.4 Å². The Labute approximate surface area is 139 Å². The summed E-state index contributed by atoms with van der Waals surface area (Å²) >= 11 is 0. The number of nitrogens with zero attached hydrogens (tertiary/aromatic N) is 3. The number of hydrazone groups is 1. The van der Waals surface area contributed by atoms with Gasteiger partial charge >= 0.3 is 6.18 Å². The quantitative estimate of drug-likeness (QED) is 0.879. The van der Waals surface area contributed by atoms with Crippen LogP contribution in [-0.4, -0.2) is 28.4 Å². The van der Waals surface area contributed by atoms with Crippen LogP contribution in [0.2, 0.25) is 0 Å². The summed E-state index contributed by atoms with van der Waals surface area (Å²) in [6, 6.07) is 3.61. The molecule has 0 radical (unpaired) electrons. The number of nitrogens with one attached hydrogen (secondary N) is 2. The van der Waals surface area contributed by atoms with Gasteiger partial charge in [-0.3, -0.25) is 14.8 Å². The standard InChI is InChI=1S/C15H12F3N5O2/c16-15(17,18)11-5-9(14-23-22-13(24)8-25-14)1-2-12(11)21-7-10-6-19-3-4-20-10/h1-6,21H,7-8H2,(H,22,24). The van der Waals surface area contributed by atoms with Gasteiger partial charge in [-0.25, -0.2) is 5.43 Å². The largest absolute Gasteiger partial charge is 0.466 e. The molecule has 7 nitrogen and oxygen atoms in total. The second-order valence-corrected chi connectivity index (χ2v) is 5.05. The van der Waals surface area contributed by atoms with Crippen molar-refractivity contribution >= 4 is 17.5 Å². The highest BCUT2D eigenvalue weighted by Gasteiger charge is 2.34. The van der Waals surface area contributed by atoms with Gasteiger partial charge in [0.2, 0.25) is 5.90 Å². The number of carbonyl (C=O) groups excluding carboxylic acids is 1. The molecule has 0 aliphatic carbocycles. The van der Waals surface area contributed by atoms with Gasteiger partial charge in [0.1, 0.15) is 0 Å². The number of benzene rings is 1. The van der Waals surface area contributed by atoms with Gasteiger partial charge in [0, 0.05) is 23.6 Å². The zero-order valence-electron chi connectivity index (χ0n) is 12.7. The first-order valence-corrected chi connectivity index (χ1v) is 7.13. The van der Waals surface area contributed by atoms with E-state index in [0.717, 1.165) is 6.07 Å². The van der Waals surface area contributed by atoms with E-state index in [9.17, 15) is 18.0 Å². The minimum absolute atomic E-state index is 0.0782. The first-order valence-electron chi connectivity index (χ1n) is 7.13. The summed E-state index contributed by atoms with van der Waals surface area (Å²) in [7, 11) is 0. The minimum Gasteiger partial charge on any atom is -0.466 e. The molecule has 25 heavy (non-hydrogen) atoms. The van der Waals surface area contributed by atoms with Crippen molar-refractivity contribution < 1.29 is 22.7 Å². The van der Waals surface area contributed by atoms with Crippen molar-refractivity contribution in [2.24, 2.45) is 5.10 Å². The average molecular weight is 351 g/mol. The van der Waals surface area contributed by atoms with Gasteiger partial charge in [-0.05, 0) is 18.2 Å². The van der Waals surface area contributed by atoms with Gasteiger partial charge in [-0.15, -0.1) is 5.10 Å². The Morgan fingerprint density at radius 3 is 2.76 bits per heavy atom. The van der Waals surface area contributed by atoms with Crippen molar-refractivity contribution in [3.05, 3.63) is 53.6 Å². The Kier molecular flexibility index (Phi) is 4.50. The molecule has 0 bridgehead atoms. The van der Waals surface area contributed by atoms with Crippen LogP contribution in [0.3, 0.4) is 0 Å². The minimum atomic E-state index is -4.58. The molecule has 1 aliphatic heterocycles. The molecule has 1 aromatic carbocycles. The highest BCUT2D eigenvalue weighted by Crippen LogP contribution is 2.36. The molecule has 1 aromatic heterocycles. The van der Waals surface area contributed by atoms with Crippen molar-refractivity contribution in [3.8, 4) is 0 Å². The number of rotatable bonds is 4. The number of hydrogen-bond acceptors (Lipinski definition) is 6. The fraction of sp³-hybridized carbons (Fsp3) is 0.200. The second-order valence-electron chi connectivity index (χ2n) is 5.05. The second kappa shape index (κ2) is 6.75. The summed E-state index contributed by atoms with van der Waals surface area (Å²) in [4.78, 5) is 18.9. The van der Waals surface area contributed by atoms with Gasteiger partial charge in [0.15, 0.2) is 6.61 Å². The topological polar surface area (TPSA) is 88.5 Å². The van der Waals surface area contributed by atoms with Crippen LogP contribution in [-0.2, 0) is 22.3 Å². The maximum atomic E-state index is 13.4. The van der Waals surface area contributed by atoms with E-state index in [1.807, 2.05) is 0 Å². The van der Waals surface area contributed by atoms with Gasteiger partial charge in [-0.2, -0.15) is 13.2 Å². The first-order chi connectivity index (χ1) is 11.9. The van der Waals surface area contributed by atoms with Gasteiger partial charge in [-0.1, -0.05) is 0 Å². The average Bonchev–Trinajstić information content (AvgIpc) is 2.61. The van der Waals surface area contributed by atoms with E-state index in [2.05, 4.69) is 25.8 Å². The maximum absolute atomic E-state index is 13.4. The van der Waals surface area contributed by atoms with Crippen LogP contribution in [0, 0.1) is 0 Å². The normalized spacial score (nSPS) is 14.4. The highest BCUT2D eigenvalue weighted by molar-refractivity contribution is 5.98. The number of carbonyl (C=O) groups is 1. The molecular formula is C15H12F3N5O2. The summed E-state index contributed by atoms with van der Waals surface area (Å²) in [5.41, 5.74) is 1.79. The van der Waals surface area contributed by atoms with Crippen LogP contribution in [0.1, 0.15) is 16.8 Å². The fourth-order valence-electron chi connectivity index (χ4n) is 2.13. The number of aromatic nitrogens is 2. The fourth-order valence-corrected chi connectivity index (χ4v) is 2.13. The summed E-state index contributed by atoms with van der Waals surface area (Å²) < 4.78 is 45.1. The molecule has 1 amide bonds. The molecule has 0 atom stereocenters. The predicted molar refractivity (Wildman–Crippen MR) is 81.4 cm³/mol. The third-order valence-electron chi connectivity index (χ3n) is 3.27. The first kappa shape index (κ1) is 16.7. The number of amides is 1. The molecule has 0 spiro atoms. The SMILES string of the molecule is O=C1COC(c2ccc(NCc3cnccn3)c(C(F)(F)F)c2)=NN1. The number of hydrogen-bond donors (Lipinski definition) is 2. The molecule has 0 fully saturated rings. The number of ether oxygens (including phenoxy) is 1. The van der Waals surface area contributed by atoms with Gasteiger partial charge in [0.25, 0.3) is 5.91 Å². The Balaban J connectivity index is 1.87. The van der Waals surface area contributed by atoms with Crippen LogP contribution in [0.4, 0.5) is 18.9 Å². The predicted octanol–water partition coefficient (Wildman–Crippen LogP) is 1.92. The maximum Gasteiger partial charge on any atom is 0.418 e. The van der Waals surface area contributed by atoms with E-state index in [1.54, 1.807) is 0 Å². The van der Waals surface area contributed by atoms with Crippen molar-refractivity contribution in [2.75, 3.05) is 11.9 Å². The van der Waals surface area contributed by atoms with E-state index in [-0.39, 0.29) is 30.3 Å². The van der Waals surface area contributed by atoms with Crippen molar-refractivity contribution in [3.63, 3.8) is 0 Å². The number of halogens is 3. The molecule has 0 saturated heterocycles. The smallest absolute Gasteiger partial charge is 0.418 e. The molecule has 0 unspecified atom stereocenters. The Bertz CT molecular complexity index is 809. The highest BCUT2D eigenvalue weighted by atomic mass is 19.4. The molecule has 1 aliphatic rings. The van der Waals surface area contributed by atoms with Gasteiger partial charge in [0.05, 0.1) is 24.0 Å². The lowest BCUT2D eigenvalue weighted by Gasteiger charge is -2.18. The lowest BCUT2D eigenvalue weighted by Crippen LogP contribution is -2.32. The summed E-state index contributed by atoms with van der Waals surface area (Å²) in [6.45, 7) is -0.212. The van der Waals surface area contributed by atoms with E-state index in [1.165, 1.54) is 30.7 Å². The summed E-state index contributed by atoms with van der Waals surface area (Å²) in [6.07, 6.45) is -0.193. The van der Waals surface area contributed by atoms with Gasteiger partial charge < -0.3 is 10.1 Å². The molecule has 2 aromatic rings. The Morgan fingerprint density at radius 1 is 1.28 bits per heavy atom. The zero-order chi connectivity index (χ0) is 17.9. The molecular weight excluding hydrogens is 339 g/mol. The summed E-state index contributed by atoms with van der Waals surface area (Å²) in [5, 5.41) is 6.32. The third kappa shape index (κ3) is 4.03. The molecule has 10 heteroatoms. The van der Waals surface area contributed by atoms with Crippen LogP contribution < -0.4 is 10.7 Å². The van der Waals surface area contributed by atoms with E-state index in [4.69, 9.17) is 4.74 Å². The summed E-state index contributed by atoms with van der Waals surface area (Å²) in [5.74, 6) is -0.548. The van der Waals surface area contributed by atoms with Crippen molar-refractivity contribution in [1.29, 1.82) is 0 Å². The molecule has 2 heterocycles. The Morgan fingerprint density at radius 2 is 2.12 bits per heavy atom. The number of anilines is 1. The third-order valence-corrected chi connectivity index (χ3v) is 3.27. The van der Waals surface area contributed by atoms with E-state index < -0.39 is 17.6 Å². The van der Waals surface area contributed by atoms with Crippen LogP contribution in [0.5, 0.6) is 0 Å². The molecule has 2 N–H and O–H groups in total. The Hall–Kier alpha value is -3.17. The zero-order valence-corrected chi connectivity index (χ0v) is 12.7. The molecule has 0 saturated carbocycles. The number of alkyl halides is 3. The lowest BCUT2D eigenvalue weighted by molar-refractivity contribution is -0.137.